The number of nitrogens with zero attached hydrogens (tertiary/aromatic N) is 1. The molecule has 4 saturated carbocycles. The lowest BCUT2D eigenvalue weighted by Crippen LogP contribution is -2.47. The van der Waals surface area contributed by atoms with E-state index < -0.39 is 0 Å². The molecular formula is C18H24N2O. The van der Waals surface area contributed by atoms with E-state index in [1.165, 1.54) is 38.5 Å². The van der Waals surface area contributed by atoms with Gasteiger partial charge in [-0.3, -0.25) is 9.78 Å². The van der Waals surface area contributed by atoms with Gasteiger partial charge in [0.2, 0.25) is 5.91 Å². The molecule has 0 aromatic carbocycles. The maximum Gasteiger partial charge on any atom is 0.220 e. The number of aromatic nitrogens is 1. The van der Waals surface area contributed by atoms with Crippen LogP contribution in [0.5, 0.6) is 0 Å². The van der Waals surface area contributed by atoms with Gasteiger partial charge in [0.1, 0.15) is 0 Å². The Morgan fingerprint density at radius 2 is 1.81 bits per heavy atom. The highest BCUT2D eigenvalue weighted by atomic mass is 16.1. The number of rotatable bonds is 4. The van der Waals surface area contributed by atoms with Gasteiger partial charge in [-0.2, -0.15) is 0 Å². The van der Waals surface area contributed by atoms with Crippen molar-refractivity contribution in [2.45, 2.75) is 51.5 Å². The maximum absolute atomic E-state index is 12.4. The van der Waals surface area contributed by atoms with Gasteiger partial charge in [0.15, 0.2) is 0 Å². The summed E-state index contributed by atoms with van der Waals surface area (Å²) >= 11 is 0. The molecule has 4 aliphatic carbocycles. The van der Waals surface area contributed by atoms with Gasteiger partial charge in [-0.15, -0.1) is 0 Å². The molecule has 4 fully saturated rings. The predicted molar refractivity (Wildman–Crippen MR) is 81.3 cm³/mol. The van der Waals surface area contributed by atoms with Crippen LogP contribution in [0.3, 0.4) is 0 Å². The van der Waals surface area contributed by atoms with Gasteiger partial charge < -0.3 is 5.32 Å². The van der Waals surface area contributed by atoms with Crippen LogP contribution in [-0.4, -0.2) is 10.9 Å². The average molecular weight is 284 g/mol. The predicted octanol–water partition coefficient (Wildman–Crippen LogP) is 3.30. The van der Waals surface area contributed by atoms with Gasteiger partial charge in [-0.1, -0.05) is 6.07 Å². The van der Waals surface area contributed by atoms with E-state index in [4.69, 9.17) is 0 Å². The second-order valence-corrected chi connectivity index (χ2v) is 7.69. The smallest absolute Gasteiger partial charge is 0.220 e. The van der Waals surface area contributed by atoms with Crippen LogP contribution in [0.15, 0.2) is 24.4 Å². The lowest BCUT2D eigenvalue weighted by Gasteiger charge is -2.56. The molecule has 1 aromatic rings. The minimum atomic E-state index is 0.225. The van der Waals surface area contributed by atoms with Gasteiger partial charge in [-0.05, 0) is 73.8 Å². The molecule has 3 nitrogen and oxygen atoms in total. The van der Waals surface area contributed by atoms with E-state index in [-0.39, 0.29) is 5.91 Å². The van der Waals surface area contributed by atoms with Crippen molar-refractivity contribution in [2.75, 3.05) is 0 Å². The number of hydrogen-bond acceptors (Lipinski definition) is 2. The third-order valence-electron chi connectivity index (χ3n) is 5.89. The zero-order chi connectivity index (χ0) is 14.3. The third-order valence-corrected chi connectivity index (χ3v) is 5.89. The fourth-order valence-electron chi connectivity index (χ4n) is 5.60. The van der Waals surface area contributed by atoms with Gasteiger partial charge in [0.25, 0.3) is 0 Å². The van der Waals surface area contributed by atoms with Gasteiger partial charge in [0.05, 0.1) is 12.2 Å². The Labute approximate surface area is 126 Å². The summed E-state index contributed by atoms with van der Waals surface area (Å²) in [5.74, 6) is 2.97. The van der Waals surface area contributed by atoms with Gasteiger partial charge in [0, 0.05) is 12.6 Å². The van der Waals surface area contributed by atoms with Crippen molar-refractivity contribution in [3.8, 4) is 0 Å². The fourth-order valence-corrected chi connectivity index (χ4v) is 5.60. The molecule has 0 saturated heterocycles. The van der Waals surface area contributed by atoms with Crippen molar-refractivity contribution >= 4 is 5.91 Å². The molecule has 21 heavy (non-hydrogen) atoms. The molecule has 4 bridgehead atoms. The van der Waals surface area contributed by atoms with E-state index in [0.29, 0.717) is 12.0 Å². The molecule has 1 N–H and O–H groups in total. The van der Waals surface area contributed by atoms with Crippen molar-refractivity contribution in [1.82, 2.24) is 10.3 Å². The largest absolute Gasteiger partial charge is 0.350 e. The lowest BCUT2D eigenvalue weighted by molar-refractivity contribution is -0.129. The molecule has 0 radical (unpaired) electrons. The Hall–Kier alpha value is -1.38. The van der Waals surface area contributed by atoms with Crippen LogP contribution in [0.4, 0.5) is 0 Å². The summed E-state index contributed by atoms with van der Waals surface area (Å²) in [4.78, 5) is 16.6. The number of hydrogen-bond donors (Lipinski definition) is 1. The minimum absolute atomic E-state index is 0.225. The van der Waals surface area contributed by atoms with E-state index in [1.807, 2.05) is 18.2 Å². The maximum atomic E-state index is 12.4. The first kappa shape index (κ1) is 13.3. The Morgan fingerprint density at radius 3 is 2.38 bits per heavy atom. The van der Waals surface area contributed by atoms with E-state index in [0.717, 1.165) is 29.9 Å². The first-order valence-electron chi connectivity index (χ1n) is 8.37. The summed E-state index contributed by atoms with van der Waals surface area (Å²) < 4.78 is 0. The molecule has 5 rings (SSSR count). The number of nitrogens with one attached hydrogen (secondary N) is 1. The zero-order valence-corrected chi connectivity index (χ0v) is 12.6. The molecule has 0 unspecified atom stereocenters. The second kappa shape index (κ2) is 5.11. The van der Waals surface area contributed by atoms with Gasteiger partial charge >= 0.3 is 0 Å². The summed E-state index contributed by atoms with van der Waals surface area (Å²) in [6, 6.07) is 5.83. The lowest BCUT2D eigenvalue weighted by atomic mass is 9.49. The van der Waals surface area contributed by atoms with Crippen molar-refractivity contribution in [3.05, 3.63) is 30.1 Å². The Morgan fingerprint density at radius 1 is 1.14 bits per heavy atom. The zero-order valence-electron chi connectivity index (χ0n) is 12.6. The molecule has 1 amide bonds. The highest BCUT2D eigenvalue weighted by Crippen LogP contribution is 2.61. The van der Waals surface area contributed by atoms with Crippen molar-refractivity contribution < 1.29 is 4.79 Å². The SMILES string of the molecule is O=C(CC12CC3CC(CC(C3)C1)C2)NCc1ccccn1. The van der Waals surface area contributed by atoms with Crippen molar-refractivity contribution in [2.24, 2.45) is 23.2 Å². The Balaban J connectivity index is 1.36. The topological polar surface area (TPSA) is 42.0 Å². The number of pyridine rings is 1. The molecule has 1 aromatic heterocycles. The average Bonchev–Trinajstić information content (AvgIpc) is 2.44. The van der Waals surface area contributed by atoms with Crippen molar-refractivity contribution in [3.63, 3.8) is 0 Å². The highest BCUT2D eigenvalue weighted by molar-refractivity contribution is 5.76. The summed E-state index contributed by atoms with van der Waals surface area (Å²) in [5, 5.41) is 3.07. The molecule has 4 aliphatic rings. The first-order chi connectivity index (χ1) is 10.2. The first-order valence-corrected chi connectivity index (χ1v) is 8.37. The summed E-state index contributed by atoms with van der Waals surface area (Å²) in [6.45, 7) is 0.562. The summed E-state index contributed by atoms with van der Waals surface area (Å²) in [7, 11) is 0. The quantitative estimate of drug-likeness (QED) is 0.921. The second-order valence-electron chi connectivity index (χ2n) is 7.69. The van der Waals surface area contributed by atoms with E-state index in [1.54, 1.807) is 6.20 Å². The molecular weight excluding hydrogens is 260 g/mol. The number of carbonyl (C=O) groups is 1. The standard InChI is InChI=1S/C18H24N2O/c21-17(20-12-16-3-1-2-4-19-16)11-18-8-13-5-14(9-18)7-15(6-13)10-18/h1-4,13-15H,5-12H2,(H,20,21). The minimum Gasteiger partial charge on any atom is -0.350 e. The van der Waals surface area contributed by atoms with E-state index in [2.05, 4.69) is 10.3 Å². The van der Waals surface area contributed by atoms with Crippen LogP contribution in [-0.2, 0) is 11.3 Å². The van der Waals surface area contributed by atoms with Crippen LogP contribution in [0.2, 0.25) is 0 Å². The van der Waals surface area contributed by atoms with Crippen LogP contribution >= 0.6 is 0 Å². The molecule has 112 valence electrons. The molecule has 0 atom stereocenters. The monoisotopic (exact) mass is 284 g/mol. The van der Waals surface area contributed by atoms with E-state index in [9.17, 15) is 4.79 Å². The molecule has 3 heteroatoms. The fraction of sp³-hybridized carbons (Fsp3) is 0.667. The van der Waals surface area contributed by atoms with E-state index >= 15 is 0 Å². The van der Waals surface area contributed by atoms with Crippen LogP contribution in [0.25, 0.3) is 0 Å². The normalized spacial score (nSPS) is 36.7. The highest BCUT2D eigenvalue weighted by Gasteiger charge is 2.51. The Bertz CT molecular complexity index is 490. The van der Waals surface area contributed by atoms with Crippen molar-refractivity contribution in [1.29, 1.82) is 0 Å². The molecule has 0 aliphatic heterocycles. The van der Waals surface area contributed by atoms with Crippen LogP contribution in [0.1, 0.15) is 50.6 Å². The summed E-state index contributed by atoms with van der Waals surface area (Å²) in [6.07, 6.45) is 10.7. The number of amides is 1. The number of carbonyl (C=O) groups excluding carboxylic acids is 1. The summed E-state index contributed by atoms with van der Waals surface area (Å²) in [5.41, 5.74) is 1.28. The molecule has 1 heterocycles. The molecule has 0 spiro atoms. The van der Waals surface area contributed by atoms with Crippen LogP contribution < -0.4 is 5.32 Å². The Kier molecular flexibility index (Phi) is 3.24. The third kappa shape index (κ3) is 2.70. The van der Waals surface area contributed by atoms with Gasteiger partial charge in [-0.25, -0.2) is 0 Å². The van der Waals surface area contributed by atoms with Crippen LogP contribution in [0, 0.1) is 23.2 Å².